The van der Waals surface area contributed by atoms with Crippen molar-refractivity contribution >= 4 is 0 Å². The minimum absolute atomic E-state index is 0.0405. The zero-order chi connectivity index (χ0) is 13.9. The van der Waals surface area contributed by atoms with E-state index in [-0.39, 0.29) is 6.42 Å². The van der Waals surface area contributed by atoms with E-state index in [4.69, 9.17) is 5.11 Å². The lowest BCUT2D eigenvalue weighted by atomic mass is 10.00. The number of aliphatic hydroxyl groups is 1. The zero-order valence-electron chi connectivity index (χ0n) is 9.00. The molecule has 0 aromatic rings. The molecule has 0 saturated heterocycles. The van der Waals surface area contributed by atoms with Crippen LogP contribution in [0.2, 0.25) is 0 Å². The number of alkyl halides is 7. The van der Waals surface area contributed by atoms with E-state index in [1.807, 2.05) is 0 Å². The van der Waals surface area contributed by atoms with E-state index in [1.165, 1.54) is 0 Å². The summed E-state index contributed by atoms with van der Waals surface area (Å²) in [6.45, 7) is 1.69. The van der Waals surface area contributed by atoms with Crippen LogP contribution in [0.15, 0.2) is 0 Å². The maximum Gasteiger partial charge on any atom is 0.459 e. The number of halogens is 7. The SMILES string of the molecule is CCCCCC(O)C(F)(F)C(F)(F)C(F)(F)F. The van der Waals surface area contributed by atoms with Gasteiger partial charge in [-0.25, -0.2) is 0 Å². The summed E-state index contributed by atoms with van der Waals surface area (Å²) in [5, 5.41) is 8.77. The average Bonchev–Trinajstić information content (AvgIpc) is 2.15. The maximum absolute atomic E-state index is 12.8. The van der Waals surface area contributed by atoms with Crippen LogP contribution in [-0.4, -0.2) is 29.2 Å². The number of unbranched alkanes of at least 4 members (excludes halogenated alkanes) is 2. The van der Waals surface area contributed by atoms with Crippen molar-refractivity contribution in [3.63, 3.8) is 0 Å². The van der Waals surface area contributed by atoms with Gasteiger partial charge in [-0.2, -0.15) is 30.7 Å². The predicted octanol–water partition coefficient (Wildman–Crippen LogP) is 3.76. The van der Waals surface area contributed by atoms with Crippen LogP contribution in [-0.2, 0) is 0 Å². The molecule has 0 aliphatic heterocycles. The summed E-state index contributed by atoms with van der Waals surface area (Å²) in [5.74, 6) is -11.7. The van der Waals surface area contributed by atoms with Crippen molar-refractivity contribution in [2.75, 3.05) is 0 Å². The van der Waals surface area contributed by atoms with Crippen LogP contribution in [0, 0.1) is 0 Å². The van der Waals surface area contributed by atoms with Crippen LogP contribution >= 0.6 is 0 Å². The number of aliphatic hydroxyl groups excluding tert-OH is 1. The third-order valence-electron chi connectivity index (χ3n) is 2.27. The van der Waals surface area contributed by atoms with Crippen molar-refractivity contribution in [2.24, 2.45) is 0 Å². The number of rotatable bonds is 6. The fourth-order valence-electron chi connectivity index (χ4n) is 1.17. The quantitative estimate of drug-likeness (QED) is 0.575. The largest absolute Gasteiger partial charge is 0.459 e. The second-order valence-electron chi connectivity index (χ2n) is 3.71. The lowest BCUT2D eigenvalue weighted by Gasteiger charge is -2.31. The third kappa shape index (κ3) is 3.46. The highest BCUT2D eigenvalue weighted by Gasteiger charge is 2.75. The van der Waals surface area contributed by atoms with Gasteiger partial charge in [0.25, 0.3) is 0 Å². The van der Waals surface area contributed by atoms with Gasteiger partial charge in [0.2, 0.25) is 0 Å². The van der Waals surface area contributed by atoms with Crippen LogP contribution in [0.4, 0.5) is 30.7 Å². The number of hydrogen-bond acceptors (Lipinski definition) is 1. The van der Waals surface area contributed by atoms with Crippen LogP contribution < -0.4 is 0 Å². The van der Waals surface area contributed by atoms with Crippen molar-refractivity contribution in [1.29, 1.82) is 0 Å². The molecule has 0 heterocycles. The highest BCUT2D eigenvalue weighted by molar-refractivity contribution is 4.95. The highest BCUT2D eigenvalue weighted by Crippen LogP contribution is 2.48. The van der Waals surface area contributed by atoms with Gasteiger partial charge in [-0.05, 0) is 6.42 Å². The van der Waals surface area contributed by atoms with Gasteiger partial charge in [0.15, 0.2) is 0 Å². The Morgan fingerprint density at radius 3 is 1.76 bits per heavy atom. The molecule has 0 aromatic heterocycles. The van der Waals surface area contributed by atoms with Gasteiger partial charge in [-0.1, -0.05) is 26.2 Å². The summed E-state index contributed by atoms with van der Waals surface area (Å²) in [6.07, 6.45) is -9.31. The molecular weight excluding hydrogens is 257 g/mol. The van der Waals surface area contributed by atoms with Crippen molar-refractivity contribution in [3.05, 3.63) is 0 Å². The standard InChI is InChI=1S/C9H13F7O/c1-2-3-4-5-6(17)7(10,11)8(12,13)9(14,15)16/h6,17H,2-5H2,1H3. The molecule has 0 amide bonds. The topological polar surface area (TPSA) is 20.2 Å². The molecule has 8 heteroatoms. The Balaban J connectivity index is 4.75. The average molecular weight is 270 g/mol. The molecule has 1 atom stereocenters. The Hall–Kier alpha value is -0.530. The molecule has 0 aliphatic rings. The van der Waals surface area contributed by atoms with Gasteiger partial charge in [0, 0.05) is 0 Å². The van der Waals surface area contributed by atoms with Gasteiger partial charge in [-0.15, -0.1) is 0 Å². The molecule has 1 unspecified atom stereocenters. The van der Waals surface area contributed by atoms with Gasteiger partial charge < -0.3 is 5.11 Å². The molecule has 0 fully saturated rings. The molecule has 0 radical (unpaired) electrons. The van der Waals surface area contributed by atoms with E-state index in [0.29, 0.717) is 12.8 Å². The Morgan fingerprint density at radius 1 is 0.941 bits per heavy atom. The van der Waals surface area contributed by atoms with Gasteiger partial charge >= 0.3 is 18.0 Å². The summed E-state index contributed by atoms with van der Waals surface area (Å²) in [5.41, 5.74) is 0. The van der Waals surface area contributed by atoms with E-state index >= 15 is 0 Å². The smallest absolute Gasteiger partial charge is 0.387 e. The van der Waals surface area contributed by atoms with Gasteiger partial charge in [-0.3, -0.25) is 0 Å². The molecule has 104 valence electrons. The molecule has 1 N–H and O–H groups in total. The second kappa shape index (κ2) is 5.41. The Bertz CT molecular complexity index is 236. The second-order valence-corrected chi connectivity index (χ2v) is 3.71. The Labute approximate surface area is 93.6 Å². The lowest BCUT2D eigenvalue weighted by Crippen LogP contribution is -2.57. The summed E-state index contributed by atoms with van der Waals surface area (Å²) in [4.78, 5) is 0. The molecule has 0 aromatic carbocycles. The van der Waals surface area contributed by atoms with Crippen LogP contribution in [0.25, 0.3) is 0 Å². The zero-order valence-corrected chi connectivity index (χ0v) is 9.00. The van der Waals surface area contributed by atoms with Crippen LogP contribution in [0.3, 0.4) is 0 Å². The molecule has 0 aliphatic carbocycles. The van der Waals surface area contributed by atoms with E-state index in [0.717, 1.165) is 0 Å². The highest BCUT2D eigenvalue weighted by atomic mass is 19.4. The first kappa shape index (κ1) is 16.5. The number of hydrogen-bond donors (Lipinski definition) is 1. The Morgan fingerprint density at radius 2 is 1.41 bits per heavy atom. The summed E-state index contributed by atoms with van der Waals surface area (Å²) >= 11 is 0. The van der Waals surface area contributed by atoms with Crippen LogP contribution in [0.1, 0.15) is 32.6 Å². The molecular formula is C9H13F7O. The minimum Gasteiger partial charge on any atom is -0.387 e. The van der Waals surface area contributed by atoms with E-state index in [9.17, 15) is 30.7 Å². The monoisotopic (exact) mass is 270 g/mol. The van der Waals surface area contributed by atoms with Gasteiger partial charge in [0.05, 0.1) is 0 Å². The molecule has 1 nitrogen and oxygen atoms in total. The molecule has 0 saturated carbocycles. The van der Waals surface area contributed by atoms with E-state index in [1.54, 1.807) is 6.92 Å². The Kier molecular flexibility index (Phi) is 5.24. The molecule has 0 rings (SSSR count). The first-order valence-corrected chi connectivity index (χ1v) is 4.99. The fraction of sp³-hybridized carbons (Fsp3) is 1.00. The summed E-state index contributed by atoms with van der Waals surface area (Å²) < 4.78 is 85.7. The van der Waals surface area contributed by atoms with E-state index in [2.05, 4.69) is 0 Å². The first-order valence-electron chi connectivity index (χ1n) is 4.99. The minimum atomic E-state index is -6.39. The first-order chi connectivity index (χ1) is 7.48. The van der Waals surface area contributed by atoms with Crippen LogP contribution in [0.5, 0.6) is 0 Å². The van der Waals surface area contributed by atoms with Gasteiger partial charge in [0.1, 0.15) is 6.10 Å². The molecule has 0 spiro atoms. The molecule has 17 heavy (non-hydrogen) atoms. The summed E-state index contributed by atoms with van der Waals surface area (Å²) in [7, 11) is 0. The summed E-state index contributed by atoms with van der Waals surface area (Å²) in [6, 6.07) is 0. The molecule has 0 bridgehead atoms. The van der Waals surface area contributed by atoms with Crippen molar-refractivity contribution in [1.82, 2.24) is 0 Å². The maximum atomic E-state index is 12.8. The normalized spacial score (nSPS) is 16.1. The lowest BCUT2D eigenvalue weighted by molar-refractivity contribution is -0.371. The fourth-order valence-corrected chi connectivity index (χ4v) is 1.17. The van der Waals surface area contributed by atoms with Crippen molar-refractivity contribution in [3.8, 4) is 0 Å². The predicted molar refractivity (Wildman–Crippen MR) is 46.1 cm³/mol. The van der Waals surface area contributed by atoms with Crippen molar-refractivity contribution < 1.29 is 35.8 Å². The van der Waals surface area contributed by atoms with Crippen molar-refractivity contribution in [2.45, 2.75) is 56.7 Å². The third-order valence-corrected chi connectivity index (χ3v) is 2.27. The van der Waals surface area contributed by atoms with E-state index < -0.39 is 30.5 Å².